The Morgan fingerprint density at radius 2 is 1.96 bits per heavy atom. The Morgan fingerprint density at radius 3 is 2.67 bits per heavy atom. The smallest absolute Gasteiger partial charge is 0.255 e. The van der Waals surface area contributed by atoms with Crippen molar-refractivity contribution in [3.8, 4) is 0 Å². The highest BCUT2D eigenvalue weighted by molar-refractivity contribution is 5.36. The first-order valence-corrected chi connectivity index (χ1v) is 8.80. The van der Waals surface area contributed by atoms with Crippen LogP contribution in [0.2, 0.25) is 0 Å². The largest absolute Gasteiger partial charge is 0.360 e. The molecule has 0 spiro atoms. The Labute approximate surface area is 157 Å². The maximum atomic E-state index is 13.0. The fraction of sp³-hybridized carbons (Fsp3) is 0.250. The van der Waals surface area contributed by atoms with E-state index in [0.717, 1.165) is 24.3 Å². The van der Waals surface area contributed by atoms with Gasteiger partial charge in [-0.1, -0.05) is 18.2 Å². The summed E-state index contributed by atoms with van der Waals surface area (Å²) in [6, 6.07) is 11.9. The van der Waals surface area contributed by atoms with Crippen molar-refractivity contribution in [2.45, 2.75) is 12.8 Å². The molecule has 0 radical (unpaired) electrons. The predicted molar refractivity (Wildman–Crippen MR) is 105 cm³/mol. The van der Waals surface area contributed by atoms with Crippen molar-refractivity contribution in [2.75, 3.05) is 30.4 Å². The Morgan fingerprint density at radius 1 is 1.15 bits per heavy atom. The summed E-state index contributed by atoms with van der Waals surface area (Å²) in [7, 11) is 1.99. The average molecular weight is 367 g/mol. The third-order valence-corrected chi connectivity index (χ3v) is 4.18. The van der Waals surface area contributed by atoms with E-state index in [1.807, 2.05) is 25.2 Å². The topological polar surface area (TPSA) is 73.9 Å². The third-order valence-electron chi connectivity index (χ3n) is 4.18. The summed E-state index contributed by atoms with van der Waals surface area (Å²) < 4.78 is 13.0. The van der Waals surface area contributed by atoms with Crippen molar-refractivity contribution in [2.24, 2.45) is 0 Å². The Bertz CT molecular complexity index is 912. The number of aromatic amines is 1. The van der Waals surface area contributed by atoms with Crippen molar-refractivity contribution < 1.29 is 4.39 Å². The number of anilines is 2. The molecule has 3 rings (SSSR count). The van der Waals surface area contributed by atoms with Gasteiger partial charge < -0.3 is 10.2 Å². The molecule has 1 aromatic carbocycles. The van der Waals surface area contributed by atoms with Gasteiger partial charge in [0.05, 0.1) is 0 Å². The average Bonchev–Trinajstić information content (AvgIpc) is 2.69. The molecule has 2 N–H and O–H groups in total. The summed E-state index contributed by atoms with van der Waals surface area (Å²) in [4.78, 5) is 25.6. The van der Waals surface area contributed by atoms with Crippen LogP contribution in [0.1, 0.15) is 17.5 Å². The lowest BCUT2D eigenvalue weighted by Gasteiger charge is -2.17. The van der Waals surface area contributed by atoms with Crippen LogP contribution in [-0.2, 0) is 6.42 Å². The van der Waals surface area contributed by atoms with Gasteiger partial charge in [-0.25, -0.2) is 14.4 Å². The molecule has 0 amide bonds. The number of hydrogen-bond donors (Lipinski definition) is 2. The highest BCUT2D eigenvalue weighted by atomic mass is 19.1. The van der Waals surface area contributed by atoms with Crippen LogP contribution in [0.5, 0.6) is 0 Å². The van der Waals surface area contributed by atoms with Gasteiger partial charge in [0.25, 0.3) is 5.56 Å². The molecule has 0 saturated carbocycles. The van der Waals surface area contributed by atoms with Crippen LogP contribution in [-0.4, -0.2) is 35.1 Å². The monoisotopic (exact) mass is 367 g/mol. The quantitative estimate of drug-likeness (QED) is 0.599. The number of benzene rings is 1. The first-order valence-electron chi connectivity index (χ1n) is 8.80. The number of H-pyrrole nitrogens is 1. The third kappa shape index (κ3) is 5.37. The minimum absolute atomic E-state index is 0.192. The fourth-order valence-corrected chi connectivity index (χ4v) is 2.68. The lowest BCUT2D eigenvalue weighted by molar-refractivity contribution is 0.627. The molecule has 0 aliphatic carbocycles. The van der Waals surface area contributed by atoms with Gasteiger partial charge in [0.1, 0.15) is 11.6 Å². The molecule has 0 unspecified atom stereocenters. The highest BCUT2D eigenvalue weighted by Gasteiger charge is 2.05. The first-order chi connectivity index (χ1) is 13.1. The number of hydrogen-bond acceptors (Lipinski definition) is 5. The van der Waals surface area contributed by atoms with E-state index in [9.17, 15) is 9.18 Å². The van der Waals surface area contributed by atoms with E-state index in [2.05, 4.69) is 25.2 Å². The highest BCUT2D eigenvalue weighted by Crippen LogP contribution is 2.08. The second-order valence-electron chi connectivity index (χ2n) is 6.28. The van der Waals surface area contributed by atoms with Crippen LogP contribution in [0.25, 0.3) is 0 Å². The van der Waals surface area contributed by atoms with E-state index in [-0.39, 0.29) is 11.4 Å². The van der Waals surface area contributed by atoms with Gasteiger partial charge in [-0.05, 0) is 36.2 Å². The maximum Gasteiger partial charge on any atom is 0.255 e. The SMILES string of the molecule is CN(CCCNc1ncc(Cc2ccc(F)cc2)c(=O)[nH]1)c1ccccn1. The fourth-order valence-electron chi connectivity index (χ4n) is 2.68. The summed E-state index contributed by atoms with van der Waals surface area (Å²) in [6.07, 6.45) is 4.61. The number of nitrogens with one attached hydrogen (secondary N) is 2. The molecule has 7 heteroatoms. The van der Waals surface area contributed by atoms with E-state index in [1.165, 1.54) is 12.1 Å². The molecular formula is C20H22FN5O. The van der Waals surface area contributed by atoms with Crippen LogP contribution >= 0.6 is 0 Å². The van der Waals surface area contributed by atoms with E-state index in [0.29, 0.717) is 24.5 Å². The number of aromatic nitrogens is 3. The molecule has 0 bridgehead atoms. The van der Waals surface area contributed by atoms with Gasteiger partial charge in [-0.15, -0.1) is 0 Å². The zero-order valence-electron chi connectivity index (χ0n) is 15.2. The second kappa shape index (κ2) is 8.93. The van der Waals surface area contributed by atoms with Crippen molar-refractivity contribution in [1.29, 1.82) is 0 Å². The van der Waals surface area contributed by atoms with E-state index in [4.69, 9.17) is 0 Å². The molecule has 140 valence electrons. The van der Waals surface area contributed by atoms with Crippen molar-refractivity contribution in [3.63, 3.8) is 0 Å². The van der Waals surface area contributed by atoms with Crippen LogP contribution < -0.4 is 15.8 Å². The van der Waals surface area contributed by atoms with Gasteiger partial charge in [0, 0.05) is 44.5 Å². The first kappa shape index (κ1) is 18.6. The summed E-state index contributed by atoms with van der Waals surface area (Å²) >= 11 is 0. The van der Waals surface area contributed by atoms with Gasteiger partial charge in [0.15, 0.2) is 0 Å². The minimum Gasteiger partial charge on any atom is -0.360 e. The molecule has 3 aromatic rings. The lowest BCUT2D eigenvalue weighted by atomic mass is 10.1. The summed E-state index contributed by atoms with van der Waals surface area (Å²) in [5.74, 6) is 1.08. The number of nitrogens with zero attached hydrogens (tertiary/aromatic N) is 3. The van der Waals surface area contributed by atoms with Crippen LogP contribution in [0, 0.1) is 5.82 Å². The number of halogens is 1. The molecule has 0 aliphatic heterocycles. The van der Waals surface area contributed by atoms with Crippen LogP contribution in [0.4, 0.5) is 16.2 Å². The molecule has 6 nitrogen and oxygen atoms in total. The van der Waals surface area contributed by atoms with Gasteiger partial charge in [-0.3, -0.25) is 9.78 Å². The summed E-state index contributed by atoms with van der Waals surface area (Å²) in [5.41, 5.74) is 1.21. The van der Waals surface area contributed by atoms with E-state index < -0.39 is 0 Å². The second-order valence-corrected chi connectivity index (χ2v) is 6.28. The number of pyridine rings is 1. The molecular weight excluding hydrogens is 345 g/mol. The zero-order chi connectivity index (χ0) is 19.1. The zero-order valence-corrected chi connectivity index (χ0v) is 15.2. The molecule has 0 atom stereocenters. The minimum atomic E-state index is -0.293. The van der Waals surface area contributed by atoms with Crippen LogP contribution in [0.15, 0.2) is 59.7 Å². The number of rotatable bonds is 8. The van der Waals surface area contributed by atoms with E-state index in [1.54, 1.807) is 24.5 Å². The summed E-state index contributed by atoms with van der Waals surface area (Å²) in [5, 5.41) is 3.13. The molecule has 27 heavy (non-hydrogen) atoms. The normalized spacial score (nSPS) is 10.6. The Balaban J connectivity index is 1.49. The predicted octanol–water partition coefficient (Wildman–Crippen LogP) is 2.83. The molecule has 2 heterocycles. The Kier molecular flexibility index (Phi) is 6.14. The molecule has 0 saturated heterocycles. The molecule has 0 fully saturated rings. The molecule has 0 aliphatic rings. The maximum absolute atomic E-state index is 13.0. The standard InChI is InChI=1S/C20H22FN5O/c1-26(18-5-2-3-10-22-18)12-4-11-23-20-24-14-16(19(27)25-20)13-15-6-8-17(21)9-7-15/h2-3,5-10,14H,4,11-13H2,1H3,(H2,23,24,25,27). The van der Waals surface area contributed by atoms with Gasteiger partial charge in [-0.2, -0.15) is 0 Å². The van der Waals surface area contributed by atoms with Crippen molar-refractivity contribution >= 4 is 11.8 Å². The van der Waals surface area contributed by atoms with Crippen molar-refractivity contribution in [1.82, 2.24) is 15.0 Å². The van der Waals surface area contributed by atoms with E-state index >= 15 is 0 Å². The molecule has 2 aromatic heterocycles. The summed E-state index contributed by atoms with van der Waals surface area (Å²) in [6.45, 7) is 1.51. The van der Waals surface area contributed by atoms with Gasteiger partial charge in [0.2, 0.25) is 5.95 Å². The van der Waals surface area contributed by atoms with Gasteiger partial charge >= 0.3 is 0 Å². The van der Waals surface area contributed by atoms with Crippen LogP contribution in [0.3, 0.4) is 0 Å². The Hall–Kier alpha value is -3.22. The van der Waals surface area contributed by atoms with Crippen molar-refractivity contribution in [3.05, 3.63) is 82.2 Å². The lowest BCUT2D eigenvalue weighted by Crippen LogP contribution is -2.23.